The van der Waals surface area contributed by atoms with E-state index in [2.05, 4.69) is 20.9 Å². The van der Waals surface area contributed by atoms with Crippen LogP contribution in [0, 0.1) is 5.82 Å². The van der Waals surface area contributed by atoms with E-state index in [1.165, 1.54) is 6.07 Å². The van der Waals surface area contributed by atoms with Crippen LogP contribution in [0.1, 0.15) is 0 Å². The van der Waals surface area contributed by atoms with Crippen molar-refractivity contribution < 1.29 is 4.39 Å². The molecular weight excluding hydrogens is 259 g/mol. The van der Waals surface area contributed by atoms with Crippen LogP contribution in [-0.4, -0.2) is 4.98 Å². The normalized spacial score (nSPS) is 10.3. The summed E-state index contributed by atoms with van der Waals surface area (Å²) in [5.41, 5.74) is 6.78. The second-order valence-electron chi connectivity index (χ2n) is 3.07. The fourth-order valence-electron chi connectivity index (χ4n) is 1.29. The first-order valence-electron chi connectivity index (χ1n) is 4.34. The first-order valence-corrected chi connectivity index (χ1v) is 5.13. The van der Waals surface area contributed by atoms with Gasteiger partial charge >= 0.3 is 0 Å². The number of rotatable bonds is 1. The van der Waals surface area contributed by atoms with Gasteiger partial charge in [0.05, 0.1) is 4.47 Å². The number of hydrogen-bond donors (Lipinski definition) is 1. The molecule has 15 heavy (non-hydrogen) atoms. The summed E-state index contributed by atoms with van der Waals surface area (Å²) in [7, 11) is 0. The Balaban J connectivity index is 2.55. The van der Waals surface area contributed by atoms with Crippen molar-refractivity contribution in [2.75, 3.05) is 5.73 Å². The van der Waals surface area contributed by atoms with Crippen molar-refractivity contribution in [1.82, 2.24) is 4.98 Å². The first kappa shape index (κ1) is 10.1. The van der Waals surface area contributed by atoms with Crippen LogP contribution in [0.4, 0.5) is 10.2 Å². The minimum atomic E-state index is -0.268. The zero-order valence-corrected chi connectivity index (χ0v) is 9.33. The minimum Gasteiger partial charge on any atom is -0.383 e. The molecule has 0 fully saturated rings. The molecule has 0 saturated carbocycles. The number of nitrogens with two attached hydrogens (primary N) is 1. The Kier molecular flexibility index (Phi) is 2.68. The van der Waals surface area contributed by atoms with Crippen molar-refractivity contribution in [1.29, 1.82) is 0 Å². The molecule has 2 nitrogen and oxygen atoms in total. The molecule has 76 valence electrons. The predicted molar refractivity (Wildman–Crippen MR) is 61.7 cm³/mol. The molecular formula is C11H8BrFN2. The number of anilines is 1. The average Bonchev–Trinajstić information content (AvgIpc) is 2.23. The summed E-state index contributed by atoms with van der Waals surface area (Å²) in [5.74, 6) is 0.131. The fourth-order valence-corrected chi connectivity index (χ4v) is 1.64. The number of halogens is 2. The molecule has 0 unspecified atom stereocenters. The number of pyridine rings is 1. The Bertz CT molecular complexity index is 500. The third kappa shape index (κ3) is 1.99. The second kappa shape index (κ2) is 3.98. The van der Waals surface area contributed by atoms with Gasteiger partial charge in [0.1, 0.15) is 11.6 Å². The van der Waals surface area contributed by atoms with E-state index in [-0.39, 0.29) is 5.82 Å². The SMILES string of the molecule is Nc1ncc(-c2ccccc2F)cc1Br. The predicted octanol–water partition coefficient (Wildman–Crippen LogP) is 3.23. The highest BCUT2D eigenvalue weighted by molar-refractivity contribution is 9.10. The molecule has 0 radical (unpaired) electrons. The number of nitrogens with zero attached hydrogens (tertiary/aromatic N) is 1. The van der Waals surface area contributed by atoms with Crippen molar-refractivity contribution in [3.8, 4) is 11.1 Å². The molecule has 0 aliphatic heterocycles. The van der Waals surface area contributed by atoms with Gasteiger partial charge in [-0.2, -0.15) is 0 Å². The molecule has 2 N–H and O–H groups in total. The van der Waals surface area contributed by atoms with E-state index in [1.54, 1.807) is 30.5 Å². The lowest BCUT2D eigenvalue weighted by atomic mass is 10.1. The number of benzene rings is 1. The summed E-state index contributed by atoms with van der Waals surface area (Å²) in [6, 6.07) is 8.30. The summed E-state index contributed by atoms with van der Waals surface area (Å²) < 4.78 is 14.1. The lowest BCUT2D eigenvalue weighted by Crippen LogP contribution is -1.92. The fraction of sp³-hybridized carbons (Fsp3) is 0. The molecule has 1 aromatic heterocycles. The highest BCUT2D eigenvalue weighted by atomic mass is 79.9. The Morgan fingerprint density at radius 1 is 1.27 bits per heavy atom. The van der Waals surface area contributed by atoms with Crippen LogP contribution < -0.4 is 5.73 Å². The molecule has 0 amide bonds. The van der Waals surface area contributed by atoms with Crippen LogP contribution in [0.3, 0.4) is 0 Å². The minimum absolute atomic E-state index is 0.268. The van der Waals surface area contributed by atoms with E-state index in [1.807, 2.05) is 0 Å². The molecule has 1 aromatic carbocycles. The topological polar surface area (TPSA) is 38.9 Å². The van der Waals surface area contributed by atoms with E-state index < -0.39 is 0 Å². The van der Waals surface area contributed by atoms with E-state index in [0.29, 0.717) is 21.4 Å². The standard InChI is InChI=1S/C11H8BrFN2/c12-9-5-7(6-15-11(9)14)8-3-1-2-4-10(8)13/h1-6H,(H2,14,15). The van der Waals surface area contributed by atoms with Crippen LogP contribution in [0.15, 0.2) is 41.0 Å². The highest BCUT2D eigenvalue weighted by Crippen LogP contribution is 2.26. The average molecular weight is 267 g/mol. The van der Waals surface area contributed by atoms with Crippen LogP contribution in [-0.2, 0) is 0 Å². The van der Waals surface area contributed by atoms with E-state index in [0.717, 1.165) is 0 Å². The quantitative estimate of drug-likeness (QED) is 0.861. The zero-order chi connectivity index (χ0) is 10.8. The van der Waals surface area contributed by atoms with Crippen LogP contribution in [0.25, 0.3) is 11.1 Å². The van der Waals surface area contributed by atoms with E-state index >= 15 is 0 Å². The van der Waals surface area contributed by atoms with Gasteiger partial charge in [-0.05, 0) is 28.1 Å². The number of aromatic nitrogens is 1. The van der Waals surface area contributed by atoms with Crippen molar-refractivity contribution in [3.05, 3.63) is 46.8 Å². The van der Waals surface area contributed by atoms with Gasteiger partial charge in [0.15, 0.2) is 0 Å². The van der Waals surface area contributed by atoms with Crippen LogP contribution in [0.5, 0.6) is 0 Å². The van der Waals surface area contributed by atoms with Gasteiger partial charge in [-0.1, -0.05) is 18.2 Å². The van der Waals surface area contributed by atoms with E-state index in [9.17, 15) is 4.39 Å². The van der Waals surface area contributed by atoms with Gasteiger partial charge in [0.25, 0.3) is 0 Å². The smallest absolute Gasteiger partial charge is 0.137 e. The second-order valence-corrected chi connectivity index (χ2v) is 3.93. The van der Waals surface area contributed by atoms with Crippen molar-refractivity contribution >= 4 is 21.7 Å². The maximum atomic E-state index is 13.4. The van der Waals surface area contributed by atoms with Gasteiger partial charge in [-0.15, -0.1) is 0 Å². The Hall–Kier alpha value is -1.42. The van der Waals surface area contributed by atoms with Crippen LogP contribution >= 0.6 is 15.9 Å². The highest BCUT2D eigenvalue weighted by Gasteiger charge is 2.06. The van der Waals surface area contributed by atoms with Crippen molar-refractivity contribution in [3.63, 3.8) is 0 Å². The van der Waals surface area contributed by atoms with Gasteiger partial charge in [0, 0.05) is 17.3 Å². The lowest BCUT2D eigenvalue weighted by Gasteiger charge is -2.04. The molecule has 4 heteroatoms. The van der Waals surface area contributed by atoms with Gasteiger partial charge in [0.2, 0.25) is 0 Å². The third-order valence-electron chi connectivity index (χ3n) is 2.05. The zero-order valence-electron chi connectivity index (χ0n) is 7.74. The van der Waals surface area contributed by atoms with Crippen LogP contribution in [0.2, 0.25) is 0 Å². The first-order chi connectivity index (χ1) is 7.18. The lowest BCUT2D eigenvalue weighted by molar-refractivity contribution is 0.631. The third-order valence-corrected chi connectivity index (χ3v) is 2.69. The molecule has 2 rings (SSSR count). The van der Waals surface area contributed by atoms with E-state index in [4.69, 9.17) is 5.73 Å². The Morgan fingerprint density at radius 2 is 2.00 bits per heavy atom. The molecule has 0 bridgehead atoms. The number of nitrogen functional groups attached to an aromatic ring is 1. The molecule has 1 heterocycles. The molecule has 0 spiro atoms. The molecule has 0 aliphatic carbocycles. The van der Waals surface area contributed by atoms with Gasteiger partial charge < -0.3 is 5.73 Å². The number of hydrogen-bond acceptors (Lipinski definition) is 2. The molecule has 2 aromatic rings. The summed E-state index contributed by atoms with van der Waals surface area (Å²) in [6.45, 7) is 0. The summed E-state index contributed by atoms with van der Waals surface area (Å²) >= 11 is 3.26. The summed E-state index contributed by atoms with van der Waals surface area (Å²) in [4.78, 5) is 3.96. The molecule has 0 aliphatic rings. The van der Waals surface area contributed by atoms with Gasteiger partial charge in [-0.25, -0.2) is 9.37 Å². The largest absolute Gasteiger partial charge is 0.383 e. The molecule has 0 atom stereocenters. The van der Waals surface area contributed by atoms with Crippen molar-refractivity contribution in [2.45, 2.75) is 0 Å². The Morgan fingerprint density at radius 3 is 2.67 bits per heavy atom. The maximum absolute atomic E-state index is 13.4. The Labute approximate surface area is 95.1 Å². The maximum Gasteiger partial charge on any atom is 0.137 e. The monoisotopic (exact) mass is 266 g/mol. The van der Waals surface area contributed by atoms with Crippen molar-refractivity contribution in [2.24, 2.45) is 0 Å². The van der Waals surface area contributed by atoms with Gasteiger partial charge in [-0.3, -0.25) is 0 Å². The summed E-state index contributed by atoms with van der Waals surface area (Å²) in [5, 5.41) is 0. The molecule has 0 saturated heterocycles. The summed E-state index contributed by atoms with van der Waals surface area (Å²) in [6.07, 6.45) is 1.55.